The molecule has 0 atom stereocenters. The number of piperidine rings is 1. The van der Waals surface area contributed by atoms with E-state index in [1.54, 1.807) is 12.1 Å². The number of halogens is 1. The SMILES string of the molecule is O=C(NCC1(c2cccc(F)c2)CCCCC1)NC1CCN(C(=O)C2CC2)CC1. The first kappa shape index (κ1) is 20.2. The molecule has 6 heteroatoms. The van der Waals surface area contributed by atoms with Gasteiger partial charge in [-0.3, -0.25) is 4.79 Å². The predicted molar refractivity (Wildman–Crippen MR) is 110 cm³/mol. The van der Waals surface area contributed by atoms with Crippen LogP contribution in [0.15, 0.2) is 24.3 Å². The van der Waals surface area contributed by atoms with Crippen LogP contribution in [0.4, 0.5) is 9.18 Å². The van der Waals surface area contributed by atoms with Crippen LogP contribution in [0.5, 0.6) is 0 Å². The second-order valence-electron chi connectivity index (χ2n) is 9.05. The van der Waals surface area contributed by atoms with Gasteiger partial charge in [-0.25, -0.2) is 9.18 Å². The molecule has 1 saturated heterocycles. The van der Waals surface area contributed by atoms with Crippen LogP contribution >= 0.6 is 0 Å². The number of carbonyl (C=O) groups excluding carboxylic acids is 2. The molecular weight excluding hydrogens is 369 g/mol. The number of nitrogens with one attached hydrogen (secondary N) is 2. The summed E-state index contributed by atoms with van der Waals surface area (Å²) in [7, 11) is 0. The number of hydrogen-bond donors (Lipinski definition) is 2. The van der Waals surface area contributed by atoms with Gasteiger partial charge in [0, 0.05) is 37.0 Å². The molecule has 2 N–H and O–H groups in total. The molecule has 3 aliphatic rings. The van der Waals surface area contributed by atoms with Crippen LogP contribution in [-0.4, -0.2) is 42.5 Å². The highest BCUT2D eigenvalue weighted by atomic mass is 19.1. The maximum absolute atomic E-state index is 13.8. The molecular formula is C23H32FN3O2. The Morgan fingerprint density at radius 1 is 1.07 bits per heavy atom. The average Bonchev–Trinajstić information content (AvgIpc) is 3.58. The van der Waals surface area contributed by atoms with E-state index in [1.165, 1.54) is 12.5 Å². The van der Waals surface area contributed by atoms with Crippen LogP contribution in [0.2, 0.25) is 0 Å². The highest BCUT2D eigenvalue weighted by Crippen LogP contribution is 2.39. The van der Waals surface area contributed by atoms with E-state index < -0.39 is 0 Å². The fourth-order valence-corrected chi connectivity index (χ4v) is 4.93. The first-order valence-corrected chi connectivity index (χ1v) is 11.1. The molecule has 5 nitrogen and oxygen atoms in total. The summed E-state index contributed by atoms with van der Waals surface area (Å²) in [6.45, 7) is 1.99. The summed E-state index contributed by atoms with van der Waals surface area (Å²) in [6, 6.07) is 6.80. The van der Waals surface area contributed by atoms with Gasteiger partial charge in [0.2, 0.25) is 5.91 Å². The van der Waals surface area contributed by atoms with Crippen LogP contribution in [0.3, 0.4) is 0 Å². The minimum Gasteiger partial charge on any atom is -0.342 e. The van der Waals surface area contributed by atoms with E-state index in [4.69, 9.17) is 0 Å². The van der Waals surface area contributed by atoms with Gasteiger partial charge in [0.05, 0.1) is 0 Å². The summed E-state index contributed by atoms with van der Waals surface area (Å²) in [5.41, 5.74) is 0.807. The Bertz CT molecular complexity index is 735. The van der Waals surface area contributed by atoms with Gasteiger partial charge in [-0.15, -0.1) is 0 Å². The maximum Gasteiger partial charge on any atom is 0.315 e. The Balaban J connectivity index is 1.29. The van der Waals surface area contributed by atoms with E-state index in [9.17, 15) is 14.0 Å². The normalized spacial score (nSPS) is 22.2. The van der Waals surface area contributed by atoms with E-state index in [1.807, 2.05) is 11.0 Å². The third-order valence-electron chi connectivity index (χ3n) is 6.90. The minimum atomic E-state index is -0.218. The van der Waals surface area contributed by atoms with Crippen molar-refractivity contribution in [2.45, 2.75) is 69.2 Å². The Hall–Kier alpha value is -2.11. The molecule has 2 aliphatic carbocycles. The second-order valence-corrected chi connectivity index (χ2v) is 9.05. The quantitative estimate of drug-likeness (QED) is 0.790. The molecule has 158 valence electrons. The van der Waals surface area contributed by atoms with Crippen LogP contribution in [0.1, 0.15) is 63.4 Å². The fraction of sp³-hybridized carbons (Fsp3) is 0.652. The molecule has 0 radical (unpaired) electrons. The molecule has 3 amide bonds. The molecule has 0 unspecified atom stereocenters. The molecule has 29 heavy (non-hydrogen) atoms. The van der Waals surface area contributed by atoms with Crippen molar-refractivity contribution in [1.29, 1.82) is 0 Å². The lowest BCUT2D eigenvalue weighted by Gasteiger charge is -2.38. The van der Waals surface area contributed by atoms with E-state index >= 15 is 0 Å². The smallest absolute Gasteiger partial charge is 0.315 e. The zero-order valence-electron chi connectivity index (χ0n) is 17.1. The number of likely N-dealkylation sites (tertiary alicyclic amines) is 1. The largest absolute Gasteiger partial charge is 0.342 e. The monoisotopic (exact) mass is 401 g/mol. The summed E-state index contributed by atoms with van der Waals surface area (Å²) in [4.78, 5) is 26.7. The van der Waals surface area contributed by atoms with E-state index in [0.29, 0.717) is 12.5 Å². The van der Waals surface area contributed by atoms with Crippen molar-refractivity contribution in [1.82, 2.24) is 15.5 Å². The zero-order valence-corrected chi connectivity index (χ0v) is 17.1. The van der Waals surface area contributed by atoms with Crippen molar-refractivity contribution in [2.24, 2.45) is 5.92 Å². The number of amides is 3. The van der Waals surface area contributed by atoms with Crippen molar-refractivity contribution >= 4 is 11.9 Å². The standard InChI is InChI=1S/C23H32FN3O2/c24-19-6-4-5-18(15-19)23(11-2-1-3-12-23)16-25-22(29)26-20-9-13-27(14-10-20)21(28)17-7-8-17/h4-6,15,17,20H,1-3,7-14,16H2,(H2,25,26,29). The maximum atomic E-state index is 13.8. The van der Waals surface area contributed by atoms with Gasteiger partial charge in [-0.05, 0) is 56.2 Å². The van der Waals surface area contributed by atoms with Gasteiger partial charge in [0.25, 0.3) is 0 Å². The van der Waals surface area contributed by atoms with Crippen molar-refractivity contribution in [3.8, 4) is 0 Å². The molecule has 4 rings (SSSR count). The predicted octanol–water partition coefficient (Wildman–Crippen LogP) is 3.73. The first-order valence-electron chi connectivity index (χ1n) is 11.1. The molecule has 0 aromatic heterocycles. The number of rotatable bonds is 5. The second kappa shape index (κ2) is 8.72. The molecule has 0 bridgehead atoms. The molecule has 1 aliphatic heterocycles. The van der Waals surface area contributed by atoms with Gasteiger partial charge in [-0.1, -0.05) is 31.4 Å². The summed E-state index contributed by atoms with van der Waals surface area (Å²) < 4.78 is 13.8. The minimum absolute atomic E-state index is 0.106. The first-order chi connectivity index (χ1) is 14.1. The Kier molecular flexibility index (Phi) is 6.07. The lowest BCUT2D eigenvalue weighted by Crippen LogP contribution is -2.51. The summed E-state index contributed by atoms with van der Waals surface area (Å²) in [5.74, 6) is 0.337. The lowest BCUT2D eigenvalue weighted by atomic mass is 9.69. The molecule has 1 heterocycles. The number of benzene rings is 1. The zero-order chi connectivity index (χ0) is 20.3. The summed E-state index contributed by atoms with van der Waals surface area (Å²) >= 11 is 0. The molecule has 3 fully saturated rings. The van der Waals surface area contributed by atoms with Crippen molar-refractivity contribution in [3.63, 3.8) is 0 Å². The molecule has 1 aromatic rings. The highest BCUT2D eigenvalue weighted by Gasteiger charge is 2.36. The van der Waals surface area contributed by atoms with Gasteiger partial charge in [0.1, 0.15) is 5.82 Å². The van der Waals surface area contributed by atoms with Crippen molar-refractivity contribution in [3.05, 3.63) is 35.6 Å². The topological polar surface area (TPSA) is 61.4 Å². The van der Waals surface area contributed by atoms with Crippen LogP contribution in [-0.2, 0) is 10.2 Å². The average molecular weight is 402 g/mol. The molecule has 0 spiro atoms. The van der Waals surface area contributed by atoms with E-state index in [2.05, 4.69) is 10.6 Å². The van der Waals surface area contributed by atoms with E-state index in [-0.39, 0.29) is 29.2 Å². The van der Waals surface area contributed by atoms with Gasteiger partial charge in [0.15, 0.2) is 0 Å². The number of urea groups is 1. The van der Waals surface area contributed by atoms with Crippen molar-refractivity contribution in [2.75, 3.05) is 19.6 Å². The van der Waals surface area contributed by atoms with Crippen LogP contribution in [0.25, 0.3) is 0 Å². The number of hydrogen-bond acceptors (Lipinski definition) is 2. The van der Waals surface area contributed by atoms with Gasteiger partial charge >= 0.3 is 6.03 Å². The molecule has 1 aromatic carbocycles. The third kappa shape index (κ3) is 4.90. The number of nitrogens with zero attached hydrogens (tertiary/aromatic N) is 1. The summed E-state index contributed by atoms with van der Waals surface area (Å²) in [5, 5.41) is 6.15. The number of carbonyl (C=O) groups is 2. The summed E-state index contributed by atoms with van der Waals surface area (Å²) in [6.07, 6.45) is 9.03. The van der Waals surface area contributed by atoms with Crippen LogP contribution in [0, 0.1) is 11.7 Å². The van der Waals surface area contributed by atoms with E-state index in [0.717, 1.165) is 70.0 Å². The molecule has 2 saturated carbocycles. The lowest BCUT2D eigenvalue weighted by molar-refractivity contribution is -0.133. The van der Waals surface area contributed by atoms with Gasteiger partial charge in [-0.2, -0.15) is 0 Å². The van der Waals surface area contributed by atoms with Gasteiger partial charge < -0.3 is 15.5 Å². The Labute approximate surface area is 172 Å². The fourth-order valence-electron chi connectivity index (χ4n) is 4.93. The third-order valence-corrected chi connectivity index (χ3v) is 6.90. The Morgan fingerprint density at radius 2 is 1.79 bits per heavy atom. The van der Waals surface area contributed by atoms with Crippen molar-refractivity contribution < 1.29 is 14.0 Å². The Morgan fingerprint density at radius 3 is 2.45 bits per heavy atom. The highest BCUT2D eigenvalue weighted by molar-refractivity contribution is 5.81. The van der Waals surface area contributed by atoms with Crippen LogP contribution < -0.4 is 10.6 Å².